The van der Waals surface area contributed by atoms with Gasteiger partial charge in [-0.25, -0.2) is 42.0 Å². The normalized spacial score (nSPS) is 19.8. The number of aromatic carboxylic acids is 1. The van der Waals surface area contributed by atoms with Crippen LogP contribution in [0.25, 0.3) is 10.9 Å². The number of hydrogen-bond donors (Lipinski definition) is 3. The van der Waals surface area contributed by atoms with Crippen LogP contribution in [0.1, 0.15) is 66.2 Å². The van der Waals surface area contributed by atoms with Gasteiger partial charge in [0.15, 0.2) is 17.4 Å². The number of methoxy groups -OCH3 is 1. The van der Waals surface area contributed by atoms with Gasteiger partial charge in [0.25, 0.3) is 0 Å². The zero-order valence-electron chi connectivity index (χ0n) is 29.4. The van der Waals surface area contributed by atoms with E-state index in [4.69, 9.17) is 4.74 Å². The lowest BCUT2D eigenvalue weighted by molar-refractivity contribution is -0.0134. The van der Waals surface area contributed by atoms with Crippen LogP contribution < -0.4 is 20.4 Å². The summed E-state index contributed by atoms with van der Waals surface area (Å²) in [6.07, 6.45) is 10.1. The molecule has 13 nitrogen and oxygen atoms in total. The summed E-state index contributed by atoms with van der Waals surface area (Å²) in [5, 5.41) is 28.2. The van der Waals surface area contributed by atoms with Gasteiger partial charge < -0.3 is 29.7 Å². The zero-order chi connectivity index (χ0) is 38.3. The molecule has 2 saturated heterocycles. The quantitative estimate of drug-likeness (QED) is 0.182. The molecular formula is C37H38F4N8O5. The lowest BCUT2D eigenvalue weighted by Crippen LogP contribution is -2.40. The number of ether oxygens (including phenoxy) is 1. The van der Waals surface area contributed by atoms with Crippen molar-refractivity contribution in [2.45, 2.75) is 62.8 Å². The van der Waals surface area contributed by atoms with Crippen molar-refractivity contribution in [3.05, 3.63) is 106 Å². The van der Waals surface area contributed by atoms with Crippen molar-refractivity contribution in [2.24, 2.45) is 5.92 Å². The van der Waals surface area contributed by atoms with Crippen LogP contribution in [0.4, 0.5) is 23.2 Å². The van der Waals surface area contributed by atoms with E-state index in [-0.39, 0.29) is 34.8 Å². The molecule has 3 fully saturated rings. The number of benzene rings is 2. The van der Waals surface area contributed by atoms with E-state index in [9.17, 15) is 33.0 Å². The van der Waals surface area contributed by atoms with Gasteiger partial charge in [0.1, 0.15) is 47.5 Å². The van der Waals surface area contributed by atoms with Crippen LogP contribution in [-0.2, 0) is 12.1 Å². The van der Waals surface area contributed by atoms with E-state index in [1.165, 1.54) is 43.6 Å². The molecule has 2 aromatic carbocycles. The largest absolute Gasteiger partial charge is 0.492 e. The highest BCUT2D eigenvalue weighted by molar-refractivity contribution is 5.97. The van der Waals surface area contributed by atoms with E-state index in [1.807, 2.05) is 4.90 Å². The van der Waals surface area contributed by atoms with Gasteiger partial charge in [0.05, 0.1) is 36.4 Å². The van der Waals surface area contributed by atoms with Crippen LogP contribution in [0.15, 0.2) is 60.4 Å². The van der Waals surface area contributed by atoms with Gasteiger partial charge in [0.2, 0.25) is 5.43 Å². The average Bonchev–Trinajstić information content (AvgIpc) is 3.69. The molecular weight excluding hydrogens is 712 g/mol. The van der Waals surface area contributed by atoms with E-state index >= 15 is 4.39 Å². The summed E-state index contributed by atoms with van der Waals surface area (Å²) in [6.45, 7) is 3.65. The minimum absolute atomic E-state index is 0.0599. The van der Waals surface area contributed by atoms with Crippen LogP contribution in [0.2, 0.25) is 0 Å². The van der Waals surface area contributed by atoms with Crippen molar-refractivity contribution in [3.8, 4) is 5.75 Å². The summed E-state index contributed by atoms with van der Waals surface area (Å²) in [7, 11) is 1.48. The molecule has 5 heterocycles. The van der Waals surface area contributed by atoms with Gasteiger partial charge >= 0.3 is 5.97 Å². The number of hydrogen-bond acceptors (Lipinski definition) is 10. The minimum Gasteiger partial charge on any atom is -0.492 e. The Balaban J connectivity index is 0.000000169. The van der Waals surface area contributed by atoms with E-state index in [0.29, 0.717) is 41.5 Å². The van der Waals surface area contributed by atoms with Gasteiger partial charge in [-0.1, -0.05) is 13.0 Å². The predicted molar refractivity (Wildman–Crippen MR) is 187 cm³/mol. The van der Waals surface area contributed by atoms with Gasteiger partial charge in [-0.3, -0.25) is 4.79 Å². The number of piperidine rings is 1. The third-order valence-corrected chi connectivity index (χ3v) is 10.6. The number of rotatable bonds is 9. The Morgan fingerprint density at radius 3 is 2.52 bits per heavy atom. The molecule has 284 valence electrons. The van der Waals surface area contributed by atoms with E-state index in [1.54, 1.807) is 4.57 Å². The standard InChI is InChI=1S/C21H24FN3O4.C16H14F3N5O/c1-29-20-17-13(19(26)14(21(27)28)9-25(17)12-4-5-12)7-15(22)18(20)24-8-11-3-2-6-23-16(11)10-24;1-10(15-14(19)5-20-7-22-15)16(25,6-24-9-21-8-23-24)12-3-2-11(17)4-13(12)18/h7,9,11-12,16,23H,2-6,8,10H2,1H3,(H,27,28);2-5,7-10,25H,6H2,1H3/t11-,16+;10-,16+/m00/s1. The number of anilines is 1. The maximum Gasteiger partial charge on any atom is 0.341 e. The predicted octanol–water partition coefficient (Wildman–Crippen LogP) is 4.55. The molecule has 17 heteroatoms. The molecule has 54 heavy (non-hydrogen) atoms. The first-order chi connectivity index (χ1) is 25.9. The second kappa shape index (κ2) is 14.8. The van der Waals surface area contributed by atoms with Crippen molar-refractivity contribution in [3.63, 3.8) is 0 Å². The number of carboxylic acids is 1. The second-order valence-corrected chi connectivity index (χ2v) is 13.9. The highest BCUT2D eigenvalue weighted by Gasteiger charge is 2.42. The van der Waals surface area contributed by atoms with E-state index < -0.39 is 46.2 Å². The fraction of sp³-hybridized carbons (Fsp3) is 0.405. The highest BCUT2D eigenvalue weighted by atomic mass is 19.1. The summed E-state index contributed by atoms with van der Waals surface area (Å²) in [5.74, 6) is -4.54. The van der Waals surface area contributed by atoms with Gasteiger partial charge in [-0.2, -0.15) is 5.10 Å². The van der Waals surface area contributed by atoms with Crippen molar-refractivity contribution in [2.75, 3.05) is 31.6 Å². The van der Waals surface area contributed by atoms with Gasteiger partial charge in [-0.15, -0.1) is 0 Å². The van der Waals surface area contributed by atoms with Crippen molar-refractivity contribution in [1.82, 2.24) is 34.6 Å². The van der Waals surface area contributed by atoms with Crippen molar-refractivity contribution in [1.29, 1.82) is 0 Å². The number of fused-ring (bicyclic) bond motifs is 2. The number of carboxylic acid groups (broad SMARTS) is 1. The summed E-state index contributed by atoms with van der Waals surface area (Å²) < 4.78 is 65.8. The second-order valence-electron chi connectivity index (χ2n) is 13.9. The number of aromatic nitrogens is 6. The summed E-state index contributed by atoms with van der Waals surface area (Å²) >= 11 is 0. The molecule has 0 radical (unpaired) electrons. The number of nitrogens with one attached hydrogen (secondary N) is 1. The Labute approximate surface area is 306 Å². The lowest BCUT2D eigenvalue weighted by atomic mass is 9.79. The molecule has 0 bridgehead atoms. The first kappa shape index (κ1) is 36.9. The van der Waals surface area contributed by atoms with E-state index in [2.05, 4.69) is 25.4 Å². The lowest BCUT2D eigenvalue weighted by Gasteiger charge is -2.34. The number of pyridine rings is 1. The molecule has 3 N–H and O–H groups in total. The number of aliphatic hydroxyl groups is 1. The first-order valence-corrected chi connectivity index (χ1v) is 17.5. The molecule has 3 aromatic heterocycles. The molecule has 1 aliphatic carbocycles. The molecule has 0 unspecified atom stereocenters. The smallest absolute Gasteiger partial charge is 0.341 e. The molecule has 5 aromatic rings. The third-order valence-electron chi connectivity index (χ3n) is 10.6. The van der Waals surface area contributed by atoms with Crippen LogP contribution in [0.5, 0.6) is 5.75 Å². The number of nitrogens with zero attached hydrogens (tertiary/aromatic N) is 7. The molecule has 0 spiro atoms. The molecule has 4 atom stereocenters. The number of carbonyl (C=O) groups is 1. The third kappa shape index (κ3) is 6.88. The van der Waals surface area contributed by atoms with Crippen LogP contribution in [0.3, 0.4) is 0 Å². The highest BCUT2D eigenvalue weighted by Crippen LogP contribution is 2.45. The zero-order valence-corrected chi connectivity index (χ0v) is 29.4. The SMILES string of the molecule is COc1c(N2C[C@@H]3CCCN[C@@H]3C2)c(F)cc2c(=O)c(C(=O)O)cn(C3CC3)c12.C[C@@H](c1ncncc1F)[C@](O)(Cn1cncn1)c1ccc(F)cc1F. The Kier molecular flexibility index (Phi) is 10.1. The molecule has 8 rings (SSSR count). The van der Waals surface area contributed by atoms with Gasteiger partial charge in [0, 0.05) is 48.9 Å². The number of halogens is 4. The van der Waals surface area contributed by atoms with Crippen LogP contribution in [0, 0.1) is 29.2 Å². The summed E-state index contributed by atoms with van der Waals surface area (Å²) in [4.78, 5) is 37.6. The Morgan fingerprint density at radius 2 is 1.87 bits per heavy atom. The van der Waals surface area contributed by atoms with Crippen LogP contribution >= 0.6 is 0 Å². The fourth-order valence-electron chi connectivity index (χ4n) is 7.68. The molecule has 2 aliphatic heterocycles. The summed E-state index contributed by atoms with van der Waals surface area (Å²) in [6, 6.07) is 4.42. The van der Waals surface area contributed by atoms with E-state index in [0.717, 1.165) is 63.4 Å². The van der Waals surface area contributed by atoms with Gasteiger partial charge in [-0.05, 0) is 50.3 Å². The topological polar surface area (TPSA) is 161 Å². The molecule has 1 saturated carbocycles. The maximum absolute atomic E-state index is 15.3. The first-order valence-electron chi connectivity index (χ1n) is 17.5. The van der Waals surface area contributed by atoms with Crippen molar-refractivity contribution >= 4 is 22.6 Å². The molecule has 0 amide bonds. The Morgan fingerprint density at radius 1 is 1.07 bits per heavy atom. The Hall–Kier alpha value is -5.42. The average molecular weight is 751 g/mol. The summed E-state index contributed by atoms with van der Waals surface area (Å²) in [5.41, 5.74) is -2.41. The monoisotopic (exact) mass is 750 g/mol. The molecule has 3 aliphatic rings. The Bertz CT molecular complexity index is 2240. The maximum atomic E-state index is 15.3. The fourth-order valence-corrected chi connectivity index (χ4v) is 7.68. The van der Waals surface area contributed by atoms with Crippen molar-refractivity contribution < 1.29 is 37.3 Å². The van der Waals surface area contributed by atoms with Crippen LogP contribution in [-0.4, -0.2) is 78.3 Å². The minimum atomic E-state index is -1.96.